The first kappa shape index (κ1) is 15.0. The van der Waals surface area contributed by atoms with Gasteiger partial charge in [-0.25, -0.2) is 4.98 Å². The number of rotatable bonds is 4. The molecular weight excluding hydrogens is 282 g/mol. The number of carbonyl (C=O) groups is 1. The Labute approximate surface area is 129 Å². The Morgan fingerprint density at radius 3 is 2.91 bits per heavy atom. The van der Waals surface area contributed by atoms with Gasteiger partial charge in [0.25, 0.3) is 0 Å². The fourth-order valence-corrected chi connectivity index (χ4v) is 2.78. The molecule has 1 saturated heterocycles. The number of nitrogens with zero attached hydrogens (tertiary/aromatic N) is 2. The van der Waals surface area contributed by atoms with E-state index in [2.05, 4.69) is 24.1 Å². The number of amides is 1. The zero-order chi connectivity index (χ0) is 15.7. The lowest BCUT2D eigenvalue weighted by molar-refractivity contribution is -0.122. The van der Waals surface area contributed by atoms with Gasteiger partial charge in [-0.1, -0.05) is 26.0 Å². The van der Waals surface area contributed by atoms with E-state index in [9.17, 15) is 9.90 Å². The van der Waals surface area contributed by atoms with E-state index in [1.807, 2.05) is 28.8 Å². The van der Waals surface area contributed by atoms with Crippen molar-refractivity contribution >= 4 is 16.9 Å². The number of ether oxygens (including phenoxy) is 1. The third-order valence-electron chi connectivity index (χ3n) is 3.90. The number of imidazole rings is 1. The Hall–Kier alpha value is -1.92. The molecule has 1 amide bonds. The summed E-state index contributed by atoms with van der Waals surface area (Å²) in [4.78, 5) is 16.9. The second kappa shape index (κ2) is 6.06. The quantitative estimate of drug-likeness (QED) is 0.884. The number of fused-ring (bicyclic) bond motifs is 1. The molecule has 1 aromatic carbocycles. The zero-order valence-corrected chi connectivity index (χ0v) is 12.8. The van der Waals surface area contributed by atoms with Crippen molar-refractivity contribution in [2.24, 2.45) is 0 Å². The number of aliphatic hydroxyl groups excluding tert-OH is 1. The Balaban J connectivity index is 1.83. The number of aromatic nitrogens is 2. The van der Waals surface area contributed by atoms with Gasteiger partial charge < -0.3 is 19.7 Å². The molecule has 6 heteroatoms. The molecule has 2 aromatic rings. The summed E-state index contributed by atoms with van der Waals surface area (Å²) in [6.07, 6.45) is -0.631. The molecule has 118 valence electrons. The molecule has 6 nitrogen and oxygen atoms in total. The molecule has 1 aliphatic heterocycles. The largest absolute Gasteiger partial charge is 0.388 e. The molecule has 2 N–H and O–H groups in total. The number of hydrogen-bond acceptors (Lipinski definition) is 4. The first-order valence-electron chi connectivity index (χ1n) is 7.56. The predicted molar refractivity (Wildman–Crippen MR) is 82.6 cm³/mol. The monoisotopic (exact) mass is 303 g/mol. The van der Waals surface area contributed by atoms with Crippen molar-refractivity contribution in [1.29, 1.82) is 0 Å². The number of hydrogen-bond donors (Lipinski definition) is 2. The van der Waals surface area contributed by atoms with Gasteiger partial charge in [-0.05, 0) is 12.1 Å². The third-order valence-corrected chi connectivity index (χ3v) is 3.90. The maximum atomic E-state index is 12.3. The van der Waals surface area contributed by atoms with Crippen molar-refractivity contribution in [2.45, 2.75) is 38.5 Å². The lowest BCUT2D eigenvalue weighted by atomic mass is 10.2. The first-order chi connectivity index (χ1) is 10.6. The van der Waals surface area contributed by atoms with Crippen LogP contribution in [-0.4, -0.2) is 45.9 Å². The van der Waals surface area contributed by atoms with Crippen LogP contribution < -0.4 is 5.32 Å². The van der Waals surface area contributed by atoms with E-state index in [0.29, 0.717) is 6.61 Å². The lowest BCUT2D eigenvalue weighted by Gasteiger charge is -2.16. The molecule has 0 saturated carbocycles. The highest BCUT2D eigenvalue weighted by atomic mass is 16.5. The Morgan fingerprint density at radius 2 is 2.23 bits per heavy atom. The highest BCUT2D eigenvalue weighted by Crippen LogP contribution is 2.21. The molecule has 22 heavy (non-hydrogen) atoms. The highest BCUT2D eigenvalue weighted by Gasteiger charge is 2.28. The van der Waals surface area contributed by atoms with Crippen molar-refractivity contribution < 1.29 is 14.6 Å². The standard InChI is InChI=1S/C16H21N3O3/c1-10(2)16-18-11-5-3-4-6-13(11)19(16)7-15(21)17-12-8-22-9-14(12)20/h3-6,10,12,14,20H,7-9H2,1-2H3,(H,17,21)/t12-,14-/m0/s1. The minimum atomic E-state index is -0.631. The molecule has 0 aliphatic carbocycles. The van der Waals surface area contributed by atoms with Gasteiger partial charge in [-0.2, -0.15) is 0 Å². The van der Waals surface area contributed by atoms with E-state index in [1.54, 1.807) is 0 Å². The summed E-state index contributed by atoms with van der Waals surface area (Å²) in [7, 11) is 0. The van der Waals surface area contributed by atoms with Crippen LogP contribution in [-0.2, 0) is 16.1 Å². The van der Waals surface area contributed by atoms with E-state index < -0.39 is 6.10 Å². The number of aliphatic hydroxyl groups is 1. The minimum absolute atomic E-state index is 0.139. The van der Waals surface area contributed by atoms with Gasteiger partial charge in [0.15, 0.2) is 0 Å². The fraction of sp³-hybridized carbons (Fsp3) is 0.500. The molecule has 0 bridgehead atoms. The smallest absolute Gasteiger partial charge is 0.240 e. The van der Waals surface area contributed by atoms with Crippen molar-refractivity contribution in [1.82, 2.24) is 14.9 Å². The van der Waals surface area contributed by atoms with Gasteiger partial charge in [-0.3, -0.25) is 4.79 Å². The Kier molecular flexibility index (Phi) is 4.13. The normalized spacial score (nSPS) is 21.6. The van der Waals surface area contributed by atoms with E-state index in [1.165, 1.54) is 0 Å². The number of carbonyl (C=O) groups excluding carboxylic acids is 1. The maximum absolute atomic E-state index is 12.3. The molecule has 0 unspecified atom stereocenters. The third kappa shape index (κ3) is 2.84. The van der Waals surface area contributed by atoms with E-state index >= 15 is 0 Å². The number of para-hydroxylation sites is 2. The summed E-state index contributed by atoms with van der Waals surface area (Å²) in [6, 6.07) is 7.47. The minimum Gasteiger partial charge on any atom is -0.388 e. The molecule has 0 radical (unpaired) electrons. The van der Waals surface area contributed by atoms with Crippen LogP contribution in [0.2, 0.25) is 0 Å². The van der Waals surface area contributed by atoms with Crippen molar-refractivity contribution in [3.05, 3.63) is 30.1 Å². The fourth-order valence-electron chi connectivity index (χ4n) is 2.78. The van der Waals surface area contributed by atoms with Crippen molar-refractivity contribution in [3.63, 3.8) is 0 Å². The molecule has 1 aliphatic rings. The summed E-state index contributed by atoms with van der Waals surface area (Å²) >= 11 is 0. The Bertz CT molecular complexity index is 680. The van der Waals surface area contributed by atoms with Gasteiger partial charge in [-0.15, -0.1) is 0 Å². The van der Waals surface area contributed by atoms with Crippen LogP contribution in [0.15, 0.2) is 24.3 Å². The summed E-state index contributed by atoms with van der Waals surface area (Å²) in [5, 5.41) is 12.6. The molecule has 1 aromatic heterocycles. The molecule has 1 fully saturated rings. The summed E-state index contributed by atoms with van der Waals surface area (Å²) in [5.41, 5.74) is 1.84. The average molecular weight is 303 g/mol. The van der Waals surface area contributed by atoms with Crippen LogP contribution in [0.1, 0.15) is 25.6 Å². The van der Waals surface area contributed by atoms with Gasteiger partial charge in [0, 0.05) is 5.92 Å². The number of benzene rings is 1. The summed E-state index contributed by atoms with van der Waals surface area (Å²) in [6.45, 7) is 4.94. The second-order valence-electron chi connectivity index (χ2n) is 5.98. The number of nitrogens with one attached hydrogen (secondary N) is 1. The maximum Gasteiger partial charge on any atom is 0.240 e. The van der Waals surface area contributed by atoms with Crippen LogP contribution in [0.25, 0.3) is 11.0 Å². The van der Waals surface area contributed by atoms with Crippen LogP contribution in [0.3, 0.4) is 0 Å². The highest BCUT2D eigenvalue weighted by molar-refractivity contribution is 5.81. The predicted octanol–water partition coefficient (Wildman–Crippen LogP) is 1.04. The van der Waals surface area contributed by atoms with Crippen molar-refractivity contribution in [3.8, 4) is 0 Å². The lowest BCUT2D eigenvalue weighted by Crippen LogP contribution is -2.44. The summed E-state index contributed by atoms with van der Waals surface area (Å²) in [5.74, 6) is 0.972. The SMILES string of the molecule is CC(C)c1nc2ccccc2n1CC(=O)N[C@H]1COC[C@@H]1O. The molecule has 3 rings (SSSR count). The first-order valence-corrected chi connectivity index (χ1v) is 7.56. The molecular formula is C16H21N3O3. The second-order valence-corrected chi connectivity index (χ2v) is 5.98. The zero-order valence-electron chi connectivity index (χ0n) is 12.8. The Morgan fingerprint density at radius 1 is 1.45 bits per heavy atom. The molecule has 0 spiro atoms. The summed E-state index contributed by atoms with van der Waals surface area (Å²) < 4.78 is 7.10. The van der Waals surface area contributed by atoms with E-state index in [0.717, 1.165) is 16.9 Å². The van der Waals surface area contributed by atoms with E-state index in [-0.39, 0.29) is 31.0 Å². The molecule has 2 heterocycles. The van der Waals surface area contributed by atoms with Gasteiger partial charge >= 0.3 is 0 Å². The van der Waals surface area contributed by atoms with Crippen molar-refractivity contribution in [2.75, 3.05) is 13.2 Å². The van der Waals surface area contributed by atoms with Gasteiger partial charge in [0.2, 0.25) is 5.91 Å². The van der Waals surface area contributed by atoms with Gasteiger partial charge in [0.1, 0.15) is 12.4 Å². The molecule has 2 atom stereocenters. The van der Waals surface area contributed by atoms with Crippen LogP contribution in [0, 0.1) is 0 Å². The van der Waals surface area contributed by atoms with E-state index in [4.69, 9.17) is 4.74 Å². The van der Waals surface area contributed by atoms with Gasteiger partial charge in [0.05, 0.1) is 36.4 Å². The van der Waals surface area contributed by atoms with Crippen LogP contribution >= 0.6 is 0 Å². The average Bonchev–Trinajstić information content (AvgIpc) is 3.04. The topological polar surface area (TPSA) is 76.4 Å². The van der Waals surface area contributed by atoms with Crippen LogP contribution in [0.5, 0.6) is 0 Å². The van der Waals surface area contributed by atoms with Crippen LogP contribution in [0.4, 0.5) is 0 Å².